The molecule has 0 aromatic rings. The van der Waals surface area contributed by atoms with Crippen LogP contribution in [-0.2, 0) is 0 Å². The van der Waals surface area contributed by atoms with Gasteiger partial charge in [0.2, 0.25) is 0 Å². The van der Waals surface area contributed by atoms with Gasteiger partial charge in [0, 0.05) is 45.3 Å². The zero-order valence-electron chi connectivity index (χ0n) is 15.2. The van der Waals surface area contributed by atoms with Gasteiger partial charge in [-0.2, -0.15) is 0 Å². The minimum absolute atomic E-state index is 0. The number of aliphatic imine (C=N–C) groups is 1. The highest BCUT2D eigenvalue weighted by Crippen LogP contribution is 2.28. The largest absolute Gasteiger partial charge is 0.357 e. The lowest BCUT2D eigenvalue weighted by Gasteiger charge is -2.33. The van der Waals surface area contributed by atoms with Crippen molar-refractivity contribution >= 4 is 29.9 Å². The van der Waals surface area contributed by atoms with Gasteiger partial charge in [0.15, 0.2) is 5.96 Å². The Balaban J connectivity index is 0.00000264. The van der Waals surface area contributed by atoms with Crippen molar-refractivity contribution in [3.63, 3.8) is 0 Å². The summed E-state index contributed by atoms with van der Waals surface area (Å²) in [6.07, 6.45) is 3.73. The number of unbranched alkanes of at least 4 members (excludes halogenated alkanes) is 1. The molecule has 1 aliphatic heterocycles. The quantitative estimate of drug-likeness (QED) is 0.264. The van der Waals surface area contributed by atoms with E-state index >= 15 is 0 Å². The van der Waals surface area contributed by atoms with Crippen LogP contribution in [0.2, 0.25) is 0 Å². The Morgan fingerprint density at radius 3 is 2.30 bits per heavy atom. The van der Waals surface area contributed by atoms with E-state index in [0.717, 1.165) is 25.0 Å². The molecule has 0 aromatic carbocycles. The average molecular weight is 437 g/mol. The van der Waals surface area contributed by atoms with Gasteiger partial charge >= 0.3 is 0 Å². The van der Waals surface area contributed by atoms with Gasteiger partial charge in [-0.1, -0.05) is 13.8 Å². The van der Waals surface area contributed by atoms with Crippen molar-refractivity contribution < 1.29 is 0 Å². The minimum Gasteiger partial charge on any atom is -0.357 e. The van der Waals surface area contributed by atoms with Gasteiger partial charge in [-0.15, -0.1) is 24.0 Å². The van der Waals surface area contributed by atoms with E-state index in [2.05, 4.69) is 41.2 Å². The first-order valence-corrected chi connectivity index (χ1v) is 9.22. The normalized spacial score (nSPS) is 25.8. The molecule has 0 aromatic heterocycles. The Morgan fingerprint density at radius 1 is 1.09 bits per heavy atom. The van der Waals surface area contributed by atoms with E-state index in [9.17, 15) is 0 Å². The molecule has 0 amide bonds. The van der Waals surface area contributed by atoms with Crippen molar-refractivity contribution in [3.05, 3.63) is 0 Å². The summed E-state index contributed by atoms with van der Waals surface area (Å²) in [4.78, 5) is 9.84. The fourth-order valence-corrected chi connectivity index (χ4v) is 2.99. The molecule has 1 aliphatic carbocycles. The minimum atomic E-state index is 0. The molecule has 136 valence electrons. The molecule has 2 aliphatic rings. The summed E-state index contributed by atoms with van der Waals surface area (Å²) in [6, 6.07) is 0.646. The van der Waals surface area contributed by atoms with Gasteiger partial charge in [-0.25, -0.2) is 0 Å². The summed E-state index contributed by atoms with van der Waals surface area (Å²) in [5, 5.41) is 6.87. The Kier molecular flexibility index (Phi) is 10.5. The molecule has 2 N–H and O–H groups in total. The van der Waals surface area contributed by atoms with E-state index in [4.69, 9.17) is 4.99 Å². The Morgan fingerprint density at radius 2 is 1.74 bits per heavy atom. The highest BCUT2D eigenvalue weighted by atomic mass is 127. The summed E-state index contributed by atoms with van der Waals surface area (Å²) in [6.45, 7) is 15.9. The first kappa shape index (κ1) is 21.0. The van der Waals surface area contributed by atoms with Crippen molar-refractivity contribution in [1.82, 2.24) is 20.4 Å². The van der Waals surface area contributed by atoms with E-state index in [1.807, 2.05) is 0 Å². The summed E-state index contributed by atoms with van der Waals surface area (Å²) in [7, 11) is 0. The van der Waals surface area contributed by atoms with Gasteiger partial charge < -0.3 is 20.4 Å². The smallest absolute Gasteiger partial charge is 0.191 e. The van der Waals surface area contributed by atoms with Crippen LogP contribution in [0.4, 0.5) is 0 Å². The summed E-state index contributed by atoms with van der Waals surface area (Å²) < 4.78 is 0. The fraction of sp³-hybridized carbons (Fsp3) is 0.941. The molecule has 23 heavy (non-hydrogen) atoms. The lowest BCUT2D eigenvalue weighted by Crippen LogP contribution is -2.46. The highest BCUT2D eigenvalue weighted by molar-refractivity contribution is 14.0. The molecule has 2 fully saturated rings. The molecule has 5 nitrogen and oxygen atoms in total. The Bertz CT molecular complexity index is 342. The summed E-state index contributed by atoms with van der Waals surface area (Å²) >= 11 is 0. The lowest BCUT2D eigenvalue weighted by atomic mass is 10.2. The third-order valence-electron chi connectivity index (χ3n) is 4.84. The molecule has 2 unspecified atom stereocenters. The number of nitrogens with zero attached hydrogens (tertiary/aromatic N) is 3. The van der Waals surface area contributed by atoms with Crippen LogP contribution in [0.1, 0.15) is 40.0 Å². The molecular weight excluding hydrogens is 401 g/mol. The summed E-state index contributed by atoms with van der Waals surface area (Å²) in [5.41, 5.74) is 0. The van der Waals surface area contributed by atoms with Crippen molar-refractivity contribution in [2.75, 3.05) is 52.4 Å². The van der Waals surface area contributed by atoms with Crippen LogP contribution in [0.15, 0.2) is 4.99 Å². The number of guanidine groups is 1. The van der Waals surface area contributed by atoms with Crippen molar-refractivity contribution in [2.45, 2.75) is 46.1 Å². The average Bonchev–Trinajstić information content (AvgIpc) is 3.22. The maximum atomic E-state index is 4.70. The molecule has 2 atom stereocenters. The topological polar surface area (TPSA) is 42.9 Å². The molecule has 1 heterocycles. The zero-order valence-corrected chi connectivity index (χ0v) is 17.5. The summed E-state index contributed by atoms with van der Waals surface area (Å²) in [5.74, 6) is 1.82. The predicted octanol–water partition coefficient (Wildman–Crippen LogP) is 1.99. The monoisotopic (exact) mass is 437 g/mol. The van der Waals surface area contributed by atoms with Crippen LogP contribution in [0, 0.1) is 5.92 Å². The number of hydrogen-bond donors (Lipinski definition) is 2. The zero-order chi connectivity index (χ0) is 15.8. The molecular formula is C17H36IN5. The van der Waals surface area contributed by atoms with E-state index in [1.54, 1.807) is 0 Å². The molecule has 1 saturated heterocycles. The van der Waals surface area contributed by atoms with Crippen LogP contribution in [-0.4, -0.2) is 74.2 Å². The van der Waals surface area contributed by atoms with Crippen LogP contribution in [0.3, 0.4) is 0 Å². The van der Waals surface area contributed by atoms with Crippen LogP contribution < -0.4 is 10.6 Å². The van der Waals surface area contributed by atoms with Crippen LogP contribution >= 0.6 is 24.0 Å². The number of piperazine rings is 1. The molecule has 0 radical (unpaired) electrons. The van der Waals surface area contributed by atoms with E-state index < -0.39 is 0 Å². The maximum Gasteiger partial charge on any atom is 0.191 e. The maximum absolute atomic E-state index is 4.70. The van der Waals surface area contributed by atoms with E-state index in [1.165, 1.54) is 58.5 Å². The van der Waals surface area contributed by atoms with Gasteiger partial charge in [0.25, 0.3) is 0 Å². The SMILES string of the molecule is CCNC(=NCCCCN1CCN(CC)CC1)NC1CC1C.I. The fourth-order valence-electron chi connectivity index (χ4n) is 2.99. The molecule has 0 bridgehead atoms. The number of likely N-dealkylation sites (N-methyl/N-ethyl adjacent to an activating group) is 1. The highest BCUT2D eigenvalue weighted by Gasteiger charge is 2.33. The second kappa shape index (κ2) is 11.5. The standard InChI is InChI=1S/C17H35N5.HI/c1-4-18-17(20-16-14-15(16)3)19-8-6-7-9-22-12-10-21(5-2)11-13-22;/h15-16H,4-14H2,1-3H3,(H2,18,19,20);1H. The Labute approximate surface area is 159 Å². The molecule has 1 saturated carbocycles. The van der Waals surface area contributed by atoms with E-state index in [0.29, 0.717) is 6.04 Å². The lowest BCUT2D eigenvalue weighted by molar-refractivity contribution is 0.136. The second-order valence-corrected chi connectivity index (χ2v) is 6.71. The van der Waals surface area contributed by atoms with E-state index in [-0.39, 0.29) is 24.0 Å². The van der Waals surface area contributed by atoms with Crippen LogP contribution in [0.25, 0.3) is 0 Å². The molecule has 2 rings (SSSR count). The van der Waals surface area contributed by atoms with Gasteiger partial charge in [0.1, 0.15) is 0 Å². The van der Waals surface area contributed by atoms with Crippen molar-refractivity contribution in [3.8, 4) is 0 Å². The number of halogens is 1. The van der Waals surface area contributed by atoms with Gasteiger partial charge in [-0.05, 0) is 45.2 Å². The predicted molar refractivity (Wildman–Crippen MR) is 110 cm³/mol. The van der Waals surface area contributed by atoms with Crippen molar-refractivity contribution in [1.29, 1.82) is 0 Å². The first-order chi connectivity index (χ1) is 10.7. The Hall–Kier alpha value is -0.0800. The van der Waals surface area contributed by atoms with Crippen LogP contribution in [0.5, 0.6) is 0 Å². The number of nitrogens with one attached hydrogen (secondary N) is 2. The second-order valence-electron chi connectivity index (χ2n) is 6.71. The number of hydrogen-bond acceptors (Lipinski definition) is 3. The van der Waals surface area contributed by atoms with Gasteiger partial charge in [0.05, 0.1) is 0 Å². The third-order valence-corrected chi connectivity index (χ3v) is 4.84. The van der Waals surface area contributed by atoms with Crippen molar-refractivity contribution in [2.24, 2.45) is 10.9 Å². The molecule has 0 spiro atoms. The van der Waals surface area contributed by atoms with Gasteiger partial charge in [-0.3, -0.25) is 4.99 Å². The number of rotatable bonds is 8. The third kappa shape index (κ3) is 8.03. The molecule has 6 heteroatoms. The first-order valence-electron chi connectivity index (χ1n) is 9.22.